The Balaban J connectivity index is 1.84. The van der Waals surface area contributed by atoms with Crippen molar-refractivity contribution in [2.45, 2.75) is 32.0 Å². The van der Waals surface area contributed by atoms with Crippen LogP contribution in [-0.2, 0) is 16.1 Å². The summed E-state index contributed by atoms with van der Waals surface area (Å²) < 4.78 is 13.3. The van der Waals surface area contributed by atoms with Gasteiger partial charge < -0.3 is 9.47 Å². The minimum absolute atomic E-state index is 0.305. The summed E-state index contributed by atoms with van der Waals surface area (Å²) in [5.74, 6) is -0.977. The minimum Gasteiger partial charge on any atom is -0.328 e. The lowest BCUT2D eigenvalue weighted by atomic mass is 10.1. The normalized spacial score (nSPS) is 23.4. The van der Waals surface area contributed by atoms with Crippen molar-refractivity contribution >= 4 is 22.0 Å². The van der Waals surface area contributed by atoms with Gasteiger partial charge in [0.05, 0.1) is 16.7 Å². The number of ether oxygens (including phenoxy) is 2. The molecule has 1 atom stereocenters. The molecule has 1 heterocycles. The maximum atomic E-state index is 6.24. The molecule has 1 aliphatic heterocycles. The molecular weight excluding hydrogens is 366 g/mol. The monoisotopic (exact) mass is 387 g/mol. The molecule has 1 aliphatic rings. The lowest BCUT2D eigenvalue weighted by Crippen LogP contribution is -2.44. The fraction of sp³-hybridized carbons (Fsp3) is 0.300. The maximum absolute atomic E-state index is 6.24. The van der Waals surface area contributed by atoms with E-state index in [4.69, 9.17) is 9.47 Å². The molecule has 0 amide bonds. The third-order valence-corrected chi connectivity index (χ3v) is 4.61. The highest BCUT2D eigenvalue weighted by atomic mass is 79.9. The molecule has 3 nitrogen and oxygen atoms in total. The highest BCUT2D eigenvalue weighted by Crippen LogP contribution is 2.37. The Kier molecular flexibility index (Phi) is 5.21. The third-order valence-electron chi connectivity index (χ3n) is 3.86. The Morgan fingerprint density at radius 1 is 1.12 bits per heavy atom. The first-order valence-corrected chi connectivity index (χ1v) is 8.84. The highest BCUT2D eigenvalue weighted by Gasteiger charge is 2.47. The summed E-state index contributed by atoms with van der Waals surface area (Å²) >= 11 is 3.67. The number of rotatable bonds is 5. The number of nitrogens with one attached hydrogen (secondary N) is 1. The van der Waals surface area contributed by atoms with Gasteiger partial charge in [-0.2, -0.15) is 0 Å². The zero-order chi connectivity index (χ0) is 17.0. The van der Waals surface area contributed by atoms with Crippen LogP contribution in [0.25, 0.3) is 6.08 Å². The molecule has 2 aromatic rings. The van der Waals surface area contributed by atoms with Crippen LogP contribution in [0.4, 0.5) is 0 Å². The summed E-state index contributed by atoms with van der Waals surface area (Å²) in [6.07, 6.45) is 2.03. The fourth-order valence-electron chi connectivity index (χ4n) is 2.62. The minimum atomic E-state index is -0.977. The summed E-state index contributed by atoms with van der Waals surface area (Å²) in [5, 5.41) is 3.39. The second-order valence-electron chi connectivity index (χ2n) is 6.51. The Bertz CT molecular complexity index is 700. The molecule has 126 valence electrons. The average Bonchev–Trinajstić information content (AvgIpc) is 2.91. The van der Waals surface area contributed by atoms with Crippen LogP contribution in [0.15, 0.2) is 65.1 Å². The maximum Gasteiger partial charge on any atom is 0.263 e. The molecule has 3 rings (SSSR count). The van der Waals surface area contributed by atoms with Crippen LogP contribution < -0.4 is 5.32 Å². The average molecular weight is 388 g/mol. The summed E-state index contributed by atoms with van der Waals surface area (Å²) in [6, 6.07) is 20.2. The van der Waals surface area contributed by atoms with Crippen molar-refractivity contribution in [1.29, 1.82) is 0 Å². The Hall–Kier alpha value is -1.46. The standard InChI is InChI=1S/C20H22BrNO2/c1-19(2)15-22-20(24-19,23-14-17-11-7-4-8-12-17)18(21)13-16-9-5-3-6-10-16/h3-13,22H,14-15H2,1-2H3. The van der Waals surface area contributed by atoms with E-state index in [1.54, 1.807) is 0 Å². The molecule has 0 radical (unpaired) electrons. The second kappa shape index (κ2) is 7.19. The van der Waals surface area contributed by atoms with E-state index in [1.807, 2.05) is 66.7 Å². The van der Waals surface area contributed by atoms with Gasteiger partial charge in [0.15, 0.2) is 0 Å². The Morgan fingerprint density at radius 3 is 2.33 bits per heavy atom. The van der Waals surface area contributed by atoms with Crippen molar-refractivity contribution in [1.82, 2.24) is 5.32 Å². The molecule has 2 aromatic carbocycles. The van der Waals surface area contributed by atoms with E-state index in [0.29, 0.717) is 13.2 Å². The van der Waals surface area contributed by atoms with Gasteiger partial charge in [-0.25, -0.2) is 0 Å². The van der Waals surface area contributed by atoms with Gasteiger partial charge in [0.2, 0.25) is 0 Å². The molecule has 0 bridgehead atoms. The van der Waals surface area contributed by atoms with Crippen LogP contribution in [-0.4, -0.2) is 18.1 Å². The van der Waals surface area contributed by atoms with Crippen LogP contribution in [0.5, 0.6) is 0 Å². The zero-order valence-electron chi connectivity index (χ0n) is 14.0. The van der Waals surface area contributed by atoms with Crippen molar-refractivity contribution < 1.29 is 9.47 Å². The molecule has 1 saturated heterocycles. The predicted octanol–water partition coefficient (Wildman–Crippen LogP) is 4.69. The van der Waals surface area contributed by atoms with Crippen molar-refractivity contribution in [3.8, 4) is 0 Å². The summed E-state index contributed by atoms with van der Waals surface area (Å²) in [5.41, 5.74) is 1.88. The van der Waals surface area contributed by atoms with Crippen LogP contribution in [0.2, 0.25) is 0 Å². The summed E-state index contributed by atoms with van der Waals surface area (Å²) in [6.45, 7) is 5.27. The molecule has 0 aliphatic carbocycles. The summed E-state index contributed by atoms with van der Waals surface area (Å²) in [4.78, 5) is 0. The lowest BCUT2D eigenvalue weighted by Gasteiger charge is -2.31. The van der Waals surface area contributed by atoms with E-state index in [0.717, 1.165) is 15.6 Å². The molecule has 1 fully saturated rings. The molecule has 4 heteroatoms. The first-order valence-electron chi connectivity index (χ1n) is 8.05. The lowest BCUT2D eigenvalue weighted by molar-refractivity contribution is -0.230. The van der Waals surface area contributed by atoms with Gasteiger partial charge in [-0.1, -0.05) is 60.7 Å². The van der Waals surface area contributed by atoms with Crippen LogP contribution in [0, 0.1) is 0 Å². The van der Waals surface area contributed by atoms with Crippen molar-refractivity contribution in [2.75, 3.05) is 6.54 Å². The van der Waals surface area contributed by atoms with Gasteiger partial charge in [0, 0.05) is 6.54 Å². The second-order valence-corrected chi connectivity index (χ2v) is 7.36. The summed E-state index contributed by atoms with van der Waals surface area (Å²) in [7, 11) is 0. The first-order chi connectivity index (χ1) is 11.5. The predicted molar refractivity (Wildman–Crippen MR) is 100 cm³/mol. The third kappa shape index (κ3) is 4.14. The Morgan fingerprint density at radius 2 is 1.75 bits per heavy atom. The van der Waals surface area contributed by atoms with Gasteiger partial charge in [0.25, 0.3) is 5.91 Å². The largest absolute Gasteiger partial charge is 0.328 e. The number of hydrogen-bond acceptors (Lipinski definition) is 3. The number of hydrogen-bond donors (Lipinski definition) is 1. The van der Waals surface area contributed by atoms with Crippen molar-refractivity contribution in [3.63, 3.8) is 0 Å². The zero-order valence-corrected chi connectivity index (χ0v) is 15.5. The Labute approximate surface area is 151 Å². The molecule has 1 unspecified atom stereocenters. The van der Waals surface area contributed by atoms with E-state index in [-0.39, 0.29) is 5.60 Å². The topological polar surface area (TPSA) is 30.5 Å². The van der Waals surface area contributed by atoms with E-state index in [2.05, 4.69) is 35.1 Å². The molecule has 1 N–H and O–H groups in total. The highest BCUT2D eigenvalue weighted by molar-refractivity contribution is 9.11. The van der Waals surface area contributed by atoms with Gasteiger partial charge >= 0.3 is 0 Å². The van der Waals surface area contributed by atoms with E-state index in [1.165, 1.54) is 0 Å². The molecular formula is C20H22BrNO2. The van der Waals surface area contributed by atoms with Crippen LogP contribution in [0.1, 0.15) is 25.0 Å². The van der Waals surface area contributed by atoms with E-state index < -0.39 is 5.91 Å². The van der Waals surface area contributed by atoms with Crippen LogP contribution in [0.3, 0.4) is 0 Å². The quantitative estimate of drug-likeness (QED) is 0.806. The first kappa shape index (κ1) is 17.4. The smallest absolute Gasteiger partial charge is 0.263 e. The van der Waals surface area contributed by atoms with Gasteiger partial charge in [0.1, 0.15) is 0 Å². The molecule has 0 aromatic heterocycles. The molecule has 0 saturated carbocycles. The molecule has 0 spiro atoms. The van der Waals surface area contributed by atoms with Gasteiger partial charge in [-0.3, -0.25) is 5.32 Å². The fourth-order valence-corrected chi connectivity index (χ4v) is 3.22. The SMILES string of the molecule is CC1(C)CNC(OCc2ccccc2)(C(Br)=Cc2ccccc2)O1. The van der Waals surface area contributed by atoms with Gasteiger partial charge in [-0.15, -0.1) is 0 Å². The van der Waals surface area contributed by atoms with E-state index >= 15 is 0 Å². The molecule has 24 heavy (non-hydrogen) atoms. The number of benzene rings is 2. The van der Waals surface area contributed by atoms with Crippen molar-refractivity contribution in [2.24, 2.45) is 0 Å². The van der Waals surface area contributed by atoms with Crippen LogP contribution >= 0.6 is 15.9 Å². The van der Waals surface area contributed by atoms with Crippen molar-refractivity contribution in [3.05, 3.63) is 76.3 Å². The van der Waals surface area contributed by atoms with E-state index in [9.17, 15) is 0 Å². The number of halogens is 1. The van der Waals surface area contributed by atoms with Gasteiger partial charge in [-0.05, 0) is 47.0 Å².